The lowest BCUT2D eigenvalue weighted by molar-refractivity contribution is 0.538. The van der Waals surface area contributed by atoms with E-state index in [0.717, 1.165) is 0 Å². The monoisotopic (exact) mass is 238 g/mol. The van der Waals surface area contributed by atoms with Gasteiger partial charge in [0.2, 0.25) is 0 Å². The Balaban J connectivity index is 2.38. The highest BCUT2D eigenvalue weighted by atomic mass is 19.1. The molecule has 0 aliphatic heterocycles. The van der Waals surface area contributed by atoms with Gasteiger partial charge in [-0.3, -0.25) is 9.13 Å². The van der Waals surface area contributed by atoms with E-state index < -0.39 is 11.6 Å². The molecule has 0 radical (unpaired) electrons. The van der Waals surface area contributed by atoms with Crippen molar-refractivity contribution in [3.05, 3.63) is 58.3 Å². The first kappa shape index (κ1) is 11.6. The zero-order valence-electron chi connectivity index (χ0n) is 9.36. The van der Waals surface area contributed by atoms with Crippen molar-refractivity contribution in [2.45, 2.75) is 20.0 Å². The van der Waals surface area contributed by atoms with Crippen LogP contribution in [0.5, 0.6) is 0 Å². The zero-order chi connectivity index (χ0) is 12.4. The number of hydrogen-bond acceptors (Lipinski definition) is 1. The van der Waals surface area contributed by atoms with E-state index in [4.69, 9.17) is 0 Å². The average molecular weight is 238 g/mol. The van der Waals surface area contributed by atoms with Crippen molar-refractivity contribution in [3.8, 4) is 0 Å². The molecule has 2 aromatic rings. The van der Waals surface area contributed by atoms with E-state index in [0.29, 0.717) is 6.54 Å². The summed E-state index contributed by atoms with van der Waals surface area (Å²) in [7, 11) is 0. The summed E-state index contributed by atoms with van der Waals surface area (Å²) in [5.74, 6) is -1.28. The van der Waals surface area contributed by atoms with E-state index in [1.807, 2.05) is 6.92 Å². The maximum Gasteiger partial charge on any atom is 0.328 e. The van der Waals surface area contributed by atoms with Gasteiger partial charge in [-0.2, -0.15) is 0 Å². The number of nitrogens with zero attached hydrogens (tertiary/aromatic N) is 2. The number of imidazole rings is 1. The largest absolute Gasteiger partial charge is 0.328 e. The smallest absolute Gasteiger partial charge is 0.300 e. The molecule has 0 unspecified atom stereocenters. The molecule has 0 saturated carbocycles. The summed E-state index contributed by atoms with van der Waals surface area (Å²) in [6, 6.07) is 3.66. The molecule has 3 nitrogen and oxygen atoms in total. The Bertz CT molecular complexity index is 566. The van der Waals surface area contributed by atoms with E-state index in [-0.39, 0.29) is 17.8 Å². The van der Waals surface area contributed by atoms with Gasteiger partial charge in [0.1, 0.15) is 11.6 Å². The Labute approximate surface area is 96.9 Å². The highest BCUT2D eigenvalue weighted by molar-refractivity contribution is 5.20. The maximum atomic E-state index is 13.4. The molecule has 1 aromatic heterocycles. The third kappa shape index (κ3) is 2.13. The van der Waals surface area contributed by atoms with Crippen LogP contribution in [0.2, 0.25) is 0 Å². The molecule has 0 N–H and O–H groups in total. The van der Waals surface area contributed by atoms with Crippen molar-refractivity contribution in [1.82, 2.24) is 9.13 Å². The summed E-state index contributed by atoms with van der Waals surface area (Å²) in [5.41, 5.74) is -0.362. The summed E-state index contributed by atoms with van der Waals surface area (Å²) in [5, 5.41) is 0. The Morgan fingerprint density at radius 2 is 1.71 bits per heavy atom. The minimum atomic E-state index is -0.638. The molecular weight excluding hydrogens is 226 g/mol. The van der Waals surface area contributed by atoms with E-state index in [1.165, 1.54) is 33.5 Å². The van der Waals surface area contributed by atoms with Crippen LogP contribution in [0.15, 0.2) is 35.4 Å². The second-order valence-corrected chi connectivity index (χ2v) is 3.69. The van der Waals surface area contributed by atoms with Crippen LogP contribution in [-0.2, 0) is 13.1 Å². The van der Waals surface area contributed by atoms with Gasteiger partial charge in [-0.05, 0) is 19.1 Å². The van der Waals surface area contributed by atoms with Crippen molar-refractivity contribution < 1.29 is 8.78 Å². The summed E-state index contributed by atoms with van der Waals surface area (Å²) >= 11 is 0. The van der Waals surface area contributed by atoms with Crippen molar-refractivity contribution in [2.75, 3.05) is 0 Å². The Kier molecular flexibility index (Phi) is 3.08. The molecule has 5 heteroatoms. The van der Waals surface area contributed by atoms with E-state index in [2.05, 4.69) is 0 Å². The molecule has 1 heterocycles. The third-order valence-electron chi connectivity index (χ3n) is 2.65. The number of benzene rings is 1. The minimum Gasteiger partial charge on any atom is -0.300 e. The Hall–Kier alpha value is -1.91. The first-order valence-corrected chi connectivity index (χ1v) is 5.32. The molecule has 90 valence electrons. The average Bonchev–Trinajstić information content (AvgIpc) is 2.65. The van der Waals surface area contributed by atoms with Crippen molar-refractivity contribution in [3.63, 3.8) is 0 Å². The van der Waals surface area contributed by atoms with Crippen LogP contribution in [0.4, 0.5) is 8.78 Å². The van der Waals surface area contributed by atoms with Gasteiger partial charge in [0.05, 0.1) is 6.54 Å². The molecule has 17 heavy (non-hydrogen) atoms. The maximum absolute atomic E-state index is 13.4. The fraction of sp³-hybridized carbons (Fsp3) is 0.250. The molecule has 0 amide bonds. The number of halogens is 2. The van der Waals surface area contributed by atoms with Crippen LogP contribution in [0, 0.1) is 11.6 Å². The normalized spacial score (nSPS) is 10.8. The Morgan fingerprint density at radius 3 is 2.24 bits per heavy atom. The molecule has 2 rings (SSSR count). The van der Waals surface area contributed by atoms with Crippen LogP contribution in [-0.4, -0.2) is 9.13 Å². The summed E-state index contributed by atoms with van der Waals surface area (Å²) in [4.78, 5) is 11.7. The van der Waals surface area contributed by atoms with Crippen LogP contribution in [0.1, 0.15) is 12.5 Å². The molecule has 0 aliphatic rings. The predicted molar refractivity (Wildman–Crippen MR) is 59.8 cm³/mol. The van der Waals surface area contributed by atoms with Gasteiger partial charge in [-0.25, -0.2) is 13.6 Å². The highest BCUT2D eigenvalue weighted by Crippen LogP contribution is 2.12. The quantitative estimate of drug-likeness (QED) is 0.803. The first-order chi connectivity index (χ1) is 8.13. The summed E-state index contributed by atoms with van der Waals surface area (Å²) < 4.78 is 29.5. The van der Waals surface area contributed by atoms with Gasteiger partial charge < -0.3 is 0 Å². The van der Waals surface area contributed by atoms with Crippen molar-refractivity contribution >= 4 is 0 Å². The zero-order valence-corrected chi connectivity index (χ0v) is 9.36. The molecule has 0 spiro atoms. The number of aromatic nitrogens is 2. The van der Waals surface area contributed by atoms with Gasteiger partial charge >= 0.3 is 5.69 Å². The van der Waals surface area contributed by atoms with Gasteiger partial charge in [-0.1, -0.05) is 6.07 Å². The van der Waals surface area contributed by atoms with E-state index >= 15 is 0 Å². The fourth-order valence-electron chi connectivity index (χ4n) is 1.67. The summed E-state index contributed by atoms with van der Waals surface area (Å²) in [6.45, 7) is 2.27. The number of aryl methyl sites for hydroxylation is 1. The topological polar surface area (TPSA) is 26.9 Å². The molecule has 1 aromatic carbocycles. The highest BCUT2D eigenvalue weighted by Gasteiger charge is 2.10. The van der Waals surface area contributed by atoms with Gasteiger partial charge in [0.25, 0.3) is 0 Å². The lowest BCUT2D eigenvalue weighted by Gasteiger charge is -2.04. The van der Waals surface area contributed by atoms with E-state index in [1.54, 1.807) is 6.20 Å². The first-order valence-electron chi connectivity index (χ1n) is 5.32. The lowest BCUT2D eigenvalue weighted by Crippen LogP contribution is -2.24. The third-order valence-corrected chi connectivity index (χ3v) is 2.65. The number of rotatable bonds is 3. The molecular formula is C12H12F2N2O. The second kappa shape index (κ2) is 4.53. The SMILES string of the molecule is CCn1ccn(Cc2c(F)cccc2F)c1=O. The standard InChI is InChI=1S/C12H12F2N2O/c1-2-15-6-7-16(12(15)17)8-9-10(13)4-3-5-11(9)14/h3-7H,2,8H2,1H3. The van der Waals surface area contributed by atoms with Gasteiger partial charge in [0.15, 0.2) is 0 Å². The fourth-order valence-corrected chi connectivity index (χ4v) is 1.67. The number of hydrogen-bond donors (Lipinski definition) is 0. The molecule has 0 atom stereocenters. The van der Waals surface area contributed by atoms with Crippen LogP contribution < -0.4 is 5.69 Å². The van der Waals surface area contributed by atoms with Gasteiger partial charge in [0, 0.05) is 24.5 Å². The van der Waals surface area contributed by atoms with Crippen LogP contribution in [0.3, 0.4) is 0 Å². The molecule has 0 saturated heterocycles. The second-order valence-electron chi connectivity index (χ2n) is 3.69. The molecule has 0 bridgehead atoms. The lowest BCUT2D eigenvalue weighted by atomic mass is 10.2. The van der Waals surface area contributed by atoms with Crippen LogP contribution >= 0.6 is 0 Å². The van der Waals surface area contributed by atoms with Crippen molar-refractivity contribution in [1.29, 1.82) is 0 Å². The van der Waals surface area contributed by atoms with Crippen molar-refractivity contribution in [2.24, 2.45) is 0 Å². The molecule has 0 fully saturated rings. The summed E-state index contributed by atoms with van der Waals surface area (Å²) in [6.07, 6.45) is 3.12. The van der Waals surface area contributed by atoms with Gasteiger partial charge in [-0.15, -0.1) is 0 Å². The predicted octanol–water partition coefficient (Wildman–Crippen LogP) is 2.00. The van der Waals surface area contributed by atoms with E-state index in [9.17, 15) is 13.6 Å². The molecule has 0 aliphatic carbocycles. The van der Waals surface area contributed by atoms with Crippen LogP contribution in [0.25, 0.3) is 0 Å². The Morgan fingerprint density at radius 1 is 1.12 bits per heavy atom. The minimum absolute atomic E-state index is 0.0929.